The van der Waals surface area contributed by atoms with Crippen molar-refractivity contribution in [2.24, 2.45) is 16.8 Å². The van der Waals surface area contributed by atoms with Crippen molar-refractivity contribution in [2.45, 2.75) is 52.6 Å². The van der Waals surface area contributed by atoms with Gasteiger partial charge in [0.1, 0.15) is 6.10 Å². The number of ether oxygens (including phenoxy) is 1. The number of amidine groups is 1. The molecule has 3 N–H and O–H groups in total. The number of hydrogen-bond acceptors (Lipinski definition) is 3. The summed E-state index contributed by atoms with van der Waals surface area (Å²) < 4.78 is 5.53. The van der Waals surface area contributed by atoms with E-state index >= 15 is 0 Å². The van der Waals surface area contributed by atoms with Crippen molar-refractivity contribution in [3.8, 4) is 0 Å². The fourth-order valence-electron chi connectivity index (χ4n) is 1.35. The molecule has 0 saturated carbocycles. The zero-order valence-electron chi connectivity index (χ0n) is 10.1. The SMILES string of the molecule is CCCCC(CC)COC(C)C(N)=NO. The molecule has 2 atom stereocenters. The molecular formula is C11H24N2O2. The van der Waals surface area contributed by atoms with E-state index < -0.39 is 0 Å². The molecule has 0 amide bonds. The van der Waals surface area contributed by atoms with E-state index in [1.807, 2.05) is 0 Å². The maximum Gasteiger partial charge on any atom is 0.168 e. The Morgan fingerprint density at radius 3 is 2.60 bits per heavy atom. The predicted molar refractivity (Wildman–Crippen MR) is 62.1 cm³/mol. The molecule has 15 heavy (non-hydrogen) atoms. The van der Waals surface area contributed by atoms with Gasteiger partial charge in [0.05, 0.1) is 6.61 Å². The molecule has 0 aliphatic carbocycles. The van der Waals surface area contributed by atoms with Crippen molar-refractivity contribution in [2.75, 3.05) is 6.61 Å². The van der Waals surface area contributed by atoms with Crippen LogP contribution in [-0.2, 0) is 4.74 Å². The van der Waals surface area contributed by atoms with Crippen LogP contribution in [0.5, 0.6) is 0 Å². The van der Waals surface area contributed by atoms with E-state index in [2.05, 4.69) is 19.0 Å². The molecule has 0 spiro atoms. The van der Waals surface area contributed by atoms with Crippen LogP contribution in [0.15, 0.2) is 5.16 Å². The molecule has 0 heterocycles. The summed E-state index contributed by atoms with van der Waals surface area (Å²) in [5.74, 6) is 0.722. The van der Waals surface area contributed by atoms with E-state index in [0.29, 0.717) is 12.5 Å². The summed E-state index contributed by atoms with van der Waals surface area (Å²) in [5, 5.41) is 11.4. The van der Waals surface area contributed by atoms with Crippen molar-refractivity contribution in [1.82, 2.24) is 0 Å². The second-order valence-electron chi connectivity index (χ2n) is 3.92. The normalized spacial score (nSPS) is 16.3. The Balaban J connectivity index is 3.79. The van der Waals surface area contributed by atoms with E-state index in [9.17, 15) is 0 Å². The van der Waals surface area contributed by atoms with Gasteiger partial charge >= 0.3 is 0 Å². The summed E-state index contributed by atoms with van der Waals surface area (Å²) in [6.07, 6.45) is 4.45. The van der Waals surface area contributed by atoms with Gasteiger partial charge in [0.2, 0.25) is 0 Å². The number of oxime groups is 1. The minimum Gasteiger partial charge on any atom is -0.409 e. The molecule has 0 aliphatic heterocycles. The smallest absolute Gasteiger partial charge is 0.168 e. The molecule has 0 bridgehead atoms. The largest absolute Gasteiger partial charge is 0.409 e. The highest BCUT2D eigenvalue weighted by Crippen LogP contribution is 2.13. The molecule has 4 nitrogen and oxygen atoms in total. The Labute approximate surface area is 92.5 Å². The lowest BCUT2D eigenvalue weighted by molar-refractivity contribution is 0.0706. The van der Waals surface area contributed by atoms with Crippen LogP contribution < -0.4 is 5.73 Å². The first-order valence-electron chi connectivity index (χ1n) is 5.74. The number of hydrogen-bond donors (Lipinski definition) is 2. The van der Waals surface area contributed by atoms with Gasteiger partial charge in [0.15, 0.2) is 5.84 Å². The fourth-order valence-corrected chi connectivity index (χ4v) is 1.35. The van der Waals surface area contributed by atoms with Crippen molar-refractivity contribution in [3.63, 3.8) is 0 Å². The maximum atomic E-state index is 8.45. The van der Waals surface area contributed by atoms with Gasteiger partial charge in [-0.15, -0.1) is 0 Å². The Morgan fingerprint density at radius 2 is 2.13 bits per heavy atom. The average molecular weight is 216 g/mol. The van der Waals surface area contributed by atoms with Gasteiger partial charge in [-0.1, -0.05) is 38.3 Å². The van der Waals surface area contributed by atoms with Gasteiger partial charge in [0, 0.05) is 0 Å². The van der Waals surface area contributed by atoms with E-state index in [0.717, 1.165) is 6.42 Å². The maximum absolute atomic E-state index is 8.45. The first-order valence-corrected chi connectivity index (χ1v) is 5.74. The van der Waals surface area contributed by atoms with Gasteiger partial charge in [0.25, 0.3) is 0 Å². The lowest BCUT2D eigenvalue weighted by atomic mass is 10.0. The molecule has 0 rings (SSSR count). The third-order valence-electron chi connectivity index (χ3n) is 2.66. The van der Waals surface area contributed by atoms with Crippen LogP contribution in [0, 0.1) is 5.92 Å². The summed E-state index contributed by atoms with van der Waals surface area (Å²) >= 11 is 0. The highest BCUT2D eigenvalue weighted by Gasteiger charge is 2.11. The van der Waals surface area contributed by atoms with Crippen LogP contribution >= 0.6 is 0 Å². The van der Waals surface area contributed by atoms with Crippen molar-refractivity contribution >= 4 is 5.84 Å². The Hall–Kier alpha value is -0.770. The van der Waals surface area contributed by atoms with Crippen molar-refractivity contribution < 1.29 is 9.94 Å². The van der Waals surface area contributed by atoms with Gasteiger partial charge in [-0.05, 0) is 19.3 Å². The van der Waals surface area contributed by atoms with Crippen LogP contribution in [0.3, 0.4) is 0 Å². The average Bonchev–Trinajstić information content (AvgIpc) is 2.27. The summed E-state index contributed by atoms with van der Waals surface area (Å²) in [6, 6.07) is 0. The molecule has 0 fully saturated rings. The molecule has 0 aliphatic rings. The lowest BCUT2D eigenvalue weighted by Gasteiger charge is -2.17. The molecule has 2 unspecified atom stereocenters. The Bertz CT molecular complexity index is 183. The standard InChI is InChI=1S/C11H24N2O2/c1-4-6-7-10(5-2)8-15-9(3)11(12)13-14/h9-10,14H,4-8H2,1-3H3,(H2,12,13). The lowest BCUT2D eigenvalue weighted by Crippen LogP contribution is -2.30. The van der Waals surface area contributed by atoms with Crippen molar-refractivity contribution in [1.29, 1.82) is 0 Å². The Morgan fingerprint density at radius 1 is 1.47 bits per heavy atom. The van der Waals surface area contributed by atoms with Crippen LogP contribution in [0.2, 0.25) is 0 Å². The first-order chi connectivity index (χ1) is 7.15. The molecule has 0 aromatic rings. The van der Waals surface area contributed by atoms with E-state index in [4.69, 9.17) is 15.7 Å². The first kappa shape index (κ1) is 14.2. The zero-order chi connectivity index (χ0) is 11.7. The topological polar surface area (TPSA) is 67.8 Å². The summed E-state index contributed by atoms with van der Waals surface area (Å²) in [5.41, 5.74) is 5.42. The highest BCUT2D eigenvalue weighted by atomic mass is 16.5. The monoisotopic (exact) mass is 216 g/mol. The Kier molecular flexibility index (Phi) is 8.09. The van der Waals surface area contributed by atoms with E-state index in [-0.39, 0.29) is 11.9 Å². The van der Waals surface area contributed by atoms with Crippen LogP contribution in [-0.4, -0.2) is 23.8 Å². The summed E-state index contributed by atoms with van der Waals surface area (Å²) in [7, 11) is 0. The molecular weight excluding hydrogens is 192 g/mol. The van der Waals surface area contributed by atoms with Crippen LogP contribution in [0.1, 0.15) is 46.5 Å². The third-order valence-corrected chi connectivity index (χ3v) is 2.66. The number of nitrogens with zero attached hydrogens (tertiary/aromatic N) is 1. The minimum atomic E-state index is -0.300. The van der Waals surface area contributed by atoms with Crippen molar-refractivity contribution in [3.05, 3.63) is 0 Å². The van der Waals surface area contributed by atoms with Gasteiger partial charge < -0.3 is 15.7 Å². The molecule has 0 saturated heterocycles. The van der Waals surface area contributed by atoms with Gasteiger partial charge in [-0.2, -0.15) is 0 Å². The zero-order valence-corrected chi connectivity index (χ0v) is 10.1. The van der Waals surface area contributed by atoms with Gasteiger partial charge in [-0.3, -0.25) is 0 Å². The van der Waals surface area contributed by atoms with E-state index in [1.165, 1.54) is 19.3 Å². The van der Waals surface area contributed by atoms with Crippen LogP contribution in [0.25, 0.3) is 0 Å². The quantitative estimate of drug-likeness (QED) is 0.283. The molecule has 0 aromatic heterocycles. The molecule has 0 aromatic carbocycles. The number of unbranched alkanes of at least 4 members (excludes halogenated alkanes) is 1. The van der Waals surface area contributed by atoms with Gasteiger partial charge in [-0.25, -0.2) is 0 Å². The van der Waals surface area contributed by atoms with E-state index in [1.54, 1.807) is 6.92 Å². The fraction of sp³-hybridized carbons (Fsp3) is 0.909. The second kappa shape index (κ2) is 8.53. The number of rotatable bonds is 8. The third kappa shape index (κ3) is 6.33. The predicted octanol–water partition coefficient (Wildman–Crippen LogP) is 2.35. The molecule has 4 heteroatoms. The number of nitrogens with two attached hydrogens (primary N) is 1. The van der Waals surface area contributed by atoms with Crippen LogP contribution in [0.4, 0.5) is 0 Å². The molecule has 90 valence electrons. The highest BCUT2D eigenvalue weighted by molar-refractivity contribution is 5.83. The summed E-state index contributed by atoms with van der Waals surface area (Å²) in [4.78, 5) is 0. The molecule has 0 radical (unpaired) electrons. The summed E-state index contributed by atoms with van der Waals surface area (Å²) in [6.45, 7) is 6.83. The second-order valence-corrected chi connectivity index (χ2v) is 3.92. The minimum absolute atomic E-state index is 0.139.